The van der Waals surface area contributed by atoms with E-state index >= 15 is 0 Å². The average molecular weight is 304 g/mol. The molecule has 21 heavy (non-hydrogen) atoms. The summed E-state index contributed by atoms with van der Waals surface area (Å²) in [4.78, 5) is 14.9. The Balaban J connectivity index is 2.22. The van der Waals surface area contributed by atoms with Crippen molar-refractivity contribution in [2.75, 3.05) is 12.8 Å². The van der Waals surface area contributed by atoms with Crippen molar-refractivity contribution in [2.45, 2.75) is 26.8 Å². The molecule has 0 aliphatic carbocycles. The molecule has 0 spiro atoms. The molecular formula is C16H20N2O2S. The zero-order valence-electron chi connectivity index (χ0n) is 12.7. The molecule has 2 aromatic rings. The quantitative estimate of drug-likeness (QED) is 0.850. The monoisotopic (exact) mass is 304 g/mol. The number of nitrogens with two attached hydrogens (primary N) is 1. The van der Waals surface area contributed by atoms with Gasteiger partial charge in [-0.2, -0.15) is 0 Å². The van der Waals surface area contributed by atoms with E-state index in [1.165, 1.54) is 16.9 Å². The van der Waals surface area contributed by atoms with Crippen molar-refractivity contribution in [1.29, 1.82) is 0 Å². The van der Waals surface area contributed by atoms with Crippen LogP contribution in [-0.4, -0.2) is 13.0 Å². The molecule has 0 fully saturated rings. The molecule has 1 atom stereocenters. The Bertz CT molecular complexity index is 664. The average Bonchev–Trinajstić information content (AvgIpc) is 2.77. The van der Waals surface area contributed by atoms with Gasteiger partial charge in [0.1, 0.15) is 0 Å². The summed E-state index contributed by atoms with van der Waals surface area (Å²) in [6.07, 6.45) is 0. The van der Waals surface area contributed by atoms with E-state index in [1.54, 1.807) is 29.5 Å². The van der Waals surface area contributed by atoms with Crippen molar-refractivity contribution in [3.8, 4) is 5.75 Å². The largest absolute Gasteiger partial charge is 0.494 e. The van der Waals surface area contributed by atoms with Gasteiger partial charge in [-0.05, 0) is 44.5 Å². The van der Waals surface area contributed by atoms with E-state index < -0.39 is 0 Å². The number of methoxy groups -OCH3 is 1. The number of carbonyl (C=O) groups excluding carboxylic acids is 1. The Morgan fingerprint density at radius 3 is 2.67 bits per heavy atom. The van der Waals surface area contributed by atoms with Crippen molar-refractivity contribution in [2.24, 2.45) is 0 Å². The van der Waals surface area contributed by atoms with Crippen LogP contribution in [-0.2, 0) is 0 Å². The van der Waals surface area contributed by atoms with Gasteiger partial charge >= 0.3 is 0 Å². The molecule has 1 heterocycles. The number of benzene rings is 1. The van der Waals surface area contributed by atoms with Crippen LogP contribution >= 0.6 is 11.3 Å². The fraction of sp³-hybridized carbons (Fsp3) is 0.312. The van der Waals surface area contributed by atoms with Crippen LogP contribution in [0.5, 0.6) is 5.75 Å². The lowest BCUT2D eigenvalue weighted by atomic mass is 10.1. The van der Waals surface area contributed by atoms with Crippen LogP contribution in [0.1, 0.15) is 38.6 Å². The van der Waals surface area contributed by atoms with Crippen molar-refractivity contribution in [1.82, 2.24) is 5.32 Å². The van der Waals surface area contributed by atoms with Crippen LogP contribution in [0.3, 0.4) is 0 Å². The Morgan fingerprint density at radius 1 is 1.38 bits per heavy atom. The van der Waals surface area contributed by atoms with Crippen LogP contribution in [0.25, 0.3) is 0 Å². The molecule has 0 bridgehead atoms. The number of ether oxygens (including phenoxy) is 1. The molecular weight excluding hydrogens is 284 g/mol. The van der Waals surface area contributed by atoms with Crippen molar-refractivity contribution in [3.63, 3.8) is 0 Å². The minimum Gasteiger partial charge on any atom is -0.494 e. The molecule has 1 amide bonds. The van der Waals surface area contributed by atoms with Gasteiger partial charge < -0.3 is 15.8 Å². The van der Waals surface area contributed by atoms with E-state index in [9.17, 15) is 4.79 Å². The second-order valence-electron chi connectivity index (χ2n) is 4.99. The number of amides is 1. The number of anilines is 1. The first-order valence-corrected chi connectivity index (χ1v) is 7.56. The normalized spacial score (nSPS) is 12.0. The SMILES string of the molecule is COc1c(N)cccc1C(=O)NC(C)c1cc(C)sc1C. The van der Waals surface area contributed by atoms with Gasteiger partial charge in [0.25, 0.3) is 5.91 Å². The van der Waals surface area contributed by atoms with E-state index in [1.807, 2.05) is 6.92 Å². The molecule has 112 valence electrons. The maximum atomic E-state index is 12.4. The summed E-state index contributed by atoms with van der Waals surface area (Å²) >= 11 is 1.73. The van der Waals surface area contributed by atoms with E-state index in [0.717, 1.165) is 5.56 Å². The Hall–Kier alpha value is -2.01. The van der Waals surface area contributed by atoms with Crippen LogP contribution in [0.15, 0.2) is 24.3 Å². The molecule has 4 nitrogen and oxygen atoms in total. The number of nitrogen functional groups attached to an aromatic ring is 1. The van der Waals surface area contributed by atoms with E-state index in [-0.39, 0.29) is 11.9 Å². The van der Waals surface area contributed by atoms with Crippen LogP contribution in [0.4, 0.5) is 5.69 Å². The first-order valence-electron chi connectivity index (χ1n) is 6.74. The molecule has 1 aromatic carbocycles. The number of thiophene rings is 1. The summed E-state index contributed by atoms with van der Waals surface area (Å²) in [6.45, 7) is 6.11. The summed E-state index contributed by atoms with van der Waals surface area (Å²) < 4.78 is 5.23. The molecule has 0 saturated carbocycles. The summed E-state index contributed by atoms with van der Waals surface area (Å²) in [5.41, 5.74) is 7.89. The van der Waals surface area contributed by atoms with Gasteiger partial charge in [0.2, 0.25) is 0 Å². The number of hydrogen-bond donors (Lipinski definition) is 2. The highest BCUT2D eigenvalue weighted by molar-refractivity contribution is 7.12. The van der Waals surface area contributed by atoms with Crippen molar-refractivity contribution >= 4 is 22.9 Å². The molecule has 0 aliphatic heterocycles. The van der Waals surface area contributed by atoms with Crippen LogP contribution < -0.4 is 15.8 Å². The molecule has 3 N–H and O–H groups in total. The summed E-state index contributed by atoms with van der Waals surface area (Å²) in [7, 11) is 1.51. The topological polar surface area (TPSA) is 64.3 Å². The Labute approximate surface area is 128 Å². The van der Waals surface area contributed by atoms with Gasteiger partial charge in [0.05, 0.1) is 24.4 Å². The molecule has 0 radical (unpaired) electrons. The Morgan fingerprint density at radius 2 is 2.10 bits per heavy atom. The van der Waals surface area contributed by atoms with Gasteiger partial charge in [-0.15, -0.1) is 11.3 Å². The maximum Gasteiger partial charge on any atom is 0.255 e. The summed E-state index contributed by atoms with van der Waals surface area (Å²) in [5.74, 6) is 0.232. The highest BCUT2D eigenvalue weighted by Crippen LogP contribution is 2.28. The minimum atomic E-state index is -0.185. The Kier molecular flexibility index (Phi) is 4.53. The lowest BCUT2D eigenvalue weighted by Crippen LogP contribution is -2.27. The van der Waals surface area contributed by atoms with Crippen LogP contribution in [0, 0.1) is 13.8 Å². The zero-order chi connectivity index (χ0) is 15.6. The number of rotatable bonds is 4. The predicted octanol–water partition coefficient (Wildman–Crippen LogP) is 3.45. The lowest BCUT2D eigenvalue weighted by molar-refractivity contribution is 0.0937. The van der Waals surface area contributed by atoms with E-state index in [2.05, 4.69) is 25.2 Å². The second-order valence-corrected chi connectivity index (χ2v) is 6.45. The first kappa shape index (κ1) is 15.4. The standard InChI is InChI=1S/C16H20N2O2S/c1-9-8-13(11(3)21-9)10(2)18-16(19)12-6-5-7-14(17)15(12)20-4/h5-8,10H,17H2,1-4H3,(H,18,19). The van der Waals surface area contributed by atoms with Gasteiger partial charge in [-0.1, -0.05) is 6.07 Å². The predicted molar refractivity (Wildman–Crippen MR) is 87.1 cm³/mol. The van der Waals surface area contributed by atoms with Gasteiger partial charge in [-0.25, -0.2) is 0 Å². The molecule has 0 saturated heterocycles. The third-order valence-electron chi connectivity index (χ3n) is 3.39. The van der Waals surface area contributed by atoms with Gasteiger partial charge in [0.15, 0.2) is 5.75 Å². The third-order valence-corrected chi connectivity index (χ3v) is 4.37. The fourth-order valence-corrected chi connectivity index (χ4v) is 3.42. The van der Waals surface area contributed by atoms with Crippen molar-refractivity contribution < 1.29 is 9.53 Å². The highest BCUT2D eigenvalue weighted by atomic mass is 32.1. The summed E-state index contributed by atoms with van der Waals surface area (Å²) in [6, 6.07) is 7.22. The lowest BCUT2D eigenvalue weighted by Gasteiger charge is -2.16. The number of aryl methyl sites for hydroxylation is 2. The van der Waals surface area contributed by atoms with Gasteiger partial charge in [-0.3, -0.25) is 4.79 Å². The number of nitrogens with one attached hydrogen (secondary N) is 1. The number of carbonyl (C=O) groups is 1. The molecule has 1 unspecified atom stereocenters. The highest BCUT2D eigenvalue weighted by Gasteiger charge is 2.18. The molecule has 1 aromatic heterocycles. The van der Waals surface area contributed by atoms with Crippen molar-refractivity contribution in [3.05, 3.63) is 45.1 Å². The number of para-hydroxylation sites is 1. The fourth-order valence-electron chi connectivity index (χ4n) is 2.39. The van der Waals surface area contributed by atoms with Gasteiger partial charge in [0, 0.05) is 9.75 Å². The van der Waals surface area contributed by atoms with E-state index in [0.29, 0.717) is 17.0 Å². The first-order chi connectivity index (χ1) is 9.93. The van der Waals surface area contributed by atoms with E-state index in [4.69, 9.17) is 10.5 Å². The smallest absolute Gasteiger partial charge is 0.255 e. The molecule has 5 heteroatoms. The molecule has 0 aliphatic rings. The van der Waals surface area contributed by atoms with Crippen LogP contribution in [0.2, 0.25) is 0 Å². The second kappa shape index (κ2) is 6.18. The maximum absolute atomic E-state index is 12.4. The summed E-state index contributed by atoms with van der Waals surface area (Å²) in [5, 5.41) is 3.00. The number of hydrogen-bond acceptors (Lipinski definition) is 4. The third kappa shape index (κ3) is 3.19. The molecule has 2 rings (SSSR count). The zero-order valence-corrected chi connectivity index (χ0v) is 13.5. The minimum absolute atomic E-state index is 0.0615.